The van der Waals surface area contributed by atoms with Gasteiger partial charge < -0.3 is 5.32 Å². The molecule has 2 aromatic rings. The Morgan fingerprint density at radius 3 is 2.31 bits per heavy atom. The van der Waals surface area contributed by atoms with Crippen LogP contribution in [0.25, 0.3) is 16.8 Å². The minimum absolute atomic E-state index is 0.232. The maximum atomic E-state index is 14.7. The van der Waals surface area contributed by atoms with Gasteiger partial charge in [0, 0.05) is 30.4 Å². The van der Waals surface area contributed by atoms with Crippen LogP contribution in [-0.2, 0) is 0 Å². The van der Waals surface area contributed by atoms with Gasteiger partial charge in [-0.25, -0.2) is 9.40 Å². The van der Waals surface area contributed by atoms with E-state index in [2.05, 4.69) is 61.2 Å². The van der Waals surface area contributed by atoms with Crippen molar-refractivity contribution in [1.82, 2.24) is 10.4 Å². The van der Waals surface area contributed by atoms with Gasteiger partial charge in [-0.2, -0.15) is 0 Å². The van der Waals surface area contributed by atoms with Gasteiger partial charge in [0.25, 0.3) is 0 Å². The summed E-state index contributed by atoms with van der Waals surface area (Å²) in [6.07, 6.45) is 5.96. The number of halogens is 1. The Morgan fingerprint density at radius 2 is 1.78 bits per heavy atom. The molecule has 32 heavy (non-hydrogen) atoms. The third-order valence-corrected chi connectivity index (χ3v) is 5.73. The Bertz CT molecular complexity index is 1040. The molecule has 170 valence electrons. The van der Waals surface area contributed by atoms with Gasteiger partial charge in [-0.05, 0) is 80.3 Å². The minimum Gasteiger partial charge on any atom is -0.349 e. The fourth-order valence-corrected chi connectivity index (χ4v) is 3.73. The van der Waals surface area contributed by atoms with E-state index in [9.17, 15) is 4.39 Å². The number of hydrazine groups is 1. The van der Waals surface area contributed by atoms with Crippen LogP contribution in [0.3, 0.4) is 0 Å². The number of nitrogens with zero attached hydrogens (tertiary/aromatic N) is 1. The van der Waals surface area contributed by atoms with Crippen molar-refractivity contribution in [1.29, 1.82) is 0 Å². The number of rotatable bonds is 10. The Kier molecular flexibility index (Phi) is 9.67. The third-order valence-electron chi connectivity index (χ3n) is 5.73. The molecule has 0 radical (unpaired) electrons. The first-order valence-corrected chi connectivity index (χ1v) is 11.2. The van der Waals surface area contributed by atoms with Crippen molar-refractivity contribution >= 4 is 22.5 Å². The number of aryl methyl sites for hydroxylation is 1. The number of hydrogen-bond acceptors (Lipinski definition) is 3. The molecule has 0 aliphatic rings. The summed E-state index contributed by atoms with van der Waals surface area (Å²) in [4.78, 5) is 0. The van der Waals surface area contributed by atoms with Crippen molar-refractivity contribution in [3.8, 4) is 0 Å². The van der Waals surface area contributed by atoms with E-state index in [1.54, 1.807) is 0 Å². The van der Waals surface area contributed by atoms with Gasteiger partial charge in [0.15, 0.2) is 0 Å². The Hall–Kier alpha value is -2.91. The second-order valence-corrected chi connectivity index (χ2v) is 7.76. The molecule has 2 rings (SSSR count). The van der Waals surface area contributed by atoms with E-state index in [-0.39, 0.29) is 5.82 Å². The van der Waals surface area contributed by atoms with Crippen LogP contribution in [0.15, 0.2) is 60.9 Å². The standard InChI is InChI=1S/C28H36FN3/c1-8-21(9-2)26-15-13-24(19-27(26)29)31-28(11-4)23-12-14-25(20(5)18-23)22(10-3)16-17-32(7)30-6/h8,12-16,18-19,30-31H,4,9-10,17H2,1-3,5-7H3/b21-8+,22-16+. The van der Waals surface area contributed by atoms with Gasteiger partial charge in [0.05, 0.1) is 5.70 Å². The molecule has 3 nitrogen and oxygen atoms in total. The summed E-state index contributed by atoms with van der Waals surface area (Å²) in [7, 11) is 3.93. The average Bonchev–Trinajstić information content (AvgIpc) is 2.80. The molecule has 0 unspecified atom stereocenters. The average molecular weight is 434 g/mol. The monoisotopic (exact) mass is 433 g/mol. The SMILES string of the molecule is C=C=C(Nc1ccc(/C(=C/C)CC)c(F)c1)c1ccc(/C(=C/CN(C)NC)CC)c(C)c1. The molecule has 0 amide bonds. The number of benzene rings is 2. The molecule has 0 aliphatic carbocycles. The zero-order valence-electron chi connectivity index (χ0n) is 20.3. The van der Waals surface area contributed by atoms with Crippen molar-refractivity contribution in [3.63, 3.8) is 0 Å². The van der Waals surface area contributed by atoms with E-state index in [1.165, 1.54) is 22.8 Å². The van der Waals surface area contributed by atoms with Gasteiger partial charge in [0.2, 0.25) is 0 Å². The predicted molar refractivity (Wildman–Crippen MR) is 138 cm³/mol. The fourth-order valence-electron chi connectivity index (χ4n) is 3.73. The van der Waals surface area contributed by atoms with E-state index in [0.717, 1.165) is 36.2 Å². The molecule has 0 saturated heterocycles. The lowest BCUT2D eigenvalue weighted by Gasteiger charge is -2.16. The van der Waals surface area contributed by atoms with Crippen LogP contribution in [0, 0.1) is 12.7 Å². The molecule has 0 aromatic heterocycles. The van der Waals surface area contributed by atoms with Crippen molar-refractivity contribution in [2.75, 3.05) is 26.0 Å². The summed E-state index contributed by atoms with van der Waals surface area (Å²) in [6, 6.07) is 11.6. The van der Waals surface area contributed by atoms with Gasteiger partial charge >= 0.3 is 0 Å². The molecule has 0 spiro atoms. The molecule has 0 atom stereocenters. The van der Waals surface area contributed by atoms with E-state index in [4.69, 9.17) is 0 Å². The lowest BCUT2D eigenvalue weighted by atomic mass is 9.95. The lowest BCUT2D eigenvalue weighted by Crippen LogP contribution is -2.30. The normalized spacial score (nSPS) is 12.1. The largest absolute Gasteiger partial charge is 0.349 e. The maximum Gasteiger partial charge on any atom is 0.132 e. The van der Waals surface area contributed by atoms with Crippen LogP contribution in [0.1, 0.15) is 55.9 Å². The first kappa shape index (κ1) is 25.4. The number of allylic oxidation sites excluding steroid dienone is 3. The van der Waals surface area contributed by atoms with Crippen LogP contribution in [-0.4, -0.2) is 25.6 Å². The van der Waals surface area contributed by atoms with E-state index < -0.39 is 0 Å². The Balaban J connectivity index is 2.28. The van der Waals surface area contributed by atoms with Gasteiger partial charge in [-0.1, -0.05) is 44.7 Å². The third kappa shape index (κ3) is 6.30. The lowest BCUT2D eigenvalue weighted by molar-refractivity contribution is 0.290. The molecular formula is C28H36FN3. The molecule has 2 aromatic carbocycles. The molecule has 0 heterocycles. The van der Waals surface area contributed by atoms with Gasteiger partial charge in [-0.3, -0.25) is 5.43 Å². The highest BCUT2D eigenvalue weighted by Crippen LogP contribution is 2.28. The summed E-state index contributed by atoms with van der Waals surface area (Å²) in [5, 5.41) is 5.31. The minimum atomic E-state index is -0.232. The quantitative estimate of drug-likeness (QED) is 0.311. The number of anilines is 1. The molecule has 0 bridgehead atoms. The summed E-state index contributed by atoms with van der Waals surface area (Å²) in [6.45, 7) is 12.9. The van der Waals surface area contributed by atoms with E-state index in [0.29, 0.717) is 11.3 Å². The first-order chi connectivity index (χ1) is 15.4. The summed E-state index contributed by atoms with van der Waals surface area (Å²) < 4.78 is 14.7. The summed E-state index contributed by atoms with van der Waals surface area (Å²) in [5.74, 6) is -0.232. The molecule has 0 fully saturated rings. The molecule has 2 N–H and O–H groups in total. The summed E-state index contributed by atoms with van der Waals surface area (Å²) in [5.41, 5.74) is 13.8. The predicted octanol–water partition coefficient (Wildman–Crippen LogP) is 7.04. The zero-order chi connectivity index (χ0) is 23.7. The van der Waals surface area contributed by atoms with Crippen LogP contribution in [0.4, 0.5) is 10.1 Å². The smallest absolute Gasteiger partial charge is 0.132 e. The topological polar surface area (TPSA) is 27.3 Å². The summed E-state index contributed by atoms with van der Waals surface area (Å²) >= 11 is 0. The molecular weight excluding hydrogens is 397 g/mol. The zero-order valence-corrected chi connectivity index (χ0v) is 20.3. The number of nitrogens with one attached hydrogen (secondary N) is 2. The molecule has 0 saturated carbocycles. The van der Waals surface area contributed by atoms with Gasteiger partial charge in [-0.15, -0.1) is 5.73 Å². The number of hydrogen-bond donors (Lipinski definition) is 2. The Morgan fingerprint density at radius 1 is 1.09 bits per heavy atom. The fraction of sp³-hybridized carbons (Fsp3) is 0.321. The highest BCUT2D eigenvalue weighted by atomic mass is 19.1. The maximum absolute atomic E-state index is 14.7. The van der Waals surface area contributed by atoms with Crippen molar-refractivity contribution in [2.24, 2.45) is 0 Å². The van der Waals surface area contributed by atoms with Crippen LogP contribution < -0.4 is 10.7 Å². The highest BCUT2D eigenvalue weighted by Gasteiger charge is 2.11. The van der Waals surface area contributed by atoms with E-state index >= 15 is 0 Å². The van der Waals surface area contributed by atoms with Crippen molar-refractivity contribution in [3.05, 3.63) is 88.9 Å². The second-order valence-electron chi connectivity index (χ2n) is 7.76. The second kappa shape index (κ2) is 12.2. The number of likely N-dealkylation sites (N-methyl/N-ethyl adjacent to an activating group) is 1. The molecule has 4 heteroatoms. The van der Waals surface area contributed by atoms with Crippen LogP contribution >= 0.6 is 0 Å². The van der Waals surface area contributed by atoms with Crippen molar-refractivity contribution < 1.29 is 4.39 Å². The Labute approximate surface area is 193 Å². The molecule has 0 aliphatic heterocycles. The van der Waals surface area contributed by atoms with Crippen LogP contribution in [0.5, 0.6) is 0 Å². The van der Waals surface area contributed by atoms with Crippen LogP contribution in [0.2, 0.25) is 0 Å². The van der Waals surface area contributed by atoms with Gasteiger partial charge in [0.1, 0.15) is 5.82 Å². The first-order valence-electron chi connectivity index (χ1n) is 11.2. The highest BCUT2D eigenvalue weighted by molar-refractivity contribution is 5.79. The van der Waals surface area contributed by atoms with E-state index in [1.807, 2.05) is 51.2 Å². The van der Waals surface area contributed by atoms with Crippen molar-refractivity contribution in [2.45, 2.75) is 40.5 Å².